The van der Waals surface area contributed by atoms with E-state index in [2.05, 4.69) is 25.9 Å². The van der Waals surface area contributed by atoms with E-state index in [0.717, 1.165) is 0 Å². The zero-order valence-corrected chi connectivity index (χ0v) is 11.0. The van der Waals surface area contributed by atoms with Crippen LogP contribution in [-0.4, -0.2) is 41.7 Å². The van der Waals surface area contributed by atoms with Gasteiger partial charge in [-0.3, -0.25) is 4.79 Å². The summed E-state index contributed by atoms with van der Waals surface area (Å²) in [6.45, 7) is 3.25. The maximum Gasteiger partial charge on any atom is 0.242 e. The second-order valence-corrected chi connectivity index (χ2v) is 4.60. The summed E-state index contributed by atoms with van der Waals surface area (Å²) in [6, 6.07) is 1.30. The molecule has 92 valence electrons. The quantitative estimate of drug-likeness (QED) is 0.791. The molecular weight excluding hydrogens is 288 g/mol. The number of aromatic nitrogens is 2. The molecule has 2 N–H and O–H groups in total. The highest BCUT2D eigenvalue weighted by atomic mass is 79.9. The summed E-state index contributed by atoms with van der Waals surface area (Å²) in [5.41, 5.74) is 5.36. The number of morpholine rings is 1. The number of amides is 1. The van der Waals surface area contributed by atoms with Crippen molar-refractivity contribution in [3.05, 3.63) is 16.5 Å². The molecule has 1 unspecified atom stereocenters. The largest absolute Gasteiger partial charge is 0.377 e. The minimum Gasteiger partial charge on any atom is -0.377 e. The molecule has 2 rings (SSSR count). The van der Waals surface area contributed by atoms with Gasteiger partial charge in [-0.05, 0) is 22.9 Å². The average molecular weight is 301 g/mol. The van der Waals surface area contributed by atoms with Crippen LogP contribution in [0.2, 0.25) is 0 Å². The number of carbonyl (C=O) groups is 1. The number of halogens is 1. The van der Waals surface area contributed by atoms with Crippen LogP contribution in [0.4, 0.5) is 5.82 Å². The molecule has 1 aromatic rings. The topological polar surface area (TPSA) is 81.3 Å². The molecule has 0 spiro atoms. The molecule has 0 bridgehead atoms. The fourth-order valence-corrected chi connectivity index (χ4v) is 2.24. The first-order valence-corrected chi connectivity index (χ1v) is 6.02. The Balaban J connectivity index is 2.32. The number of nitrogens with two attached hydrogens (primary N) is 1. The number of hydrogen-bond acceptors (Lipinski definition) is 5. The molecule has 1 aliphatic heterocycles. The van der Waals surface area contributed by atoms with Crippen molar-refractivity contribution in [3.8, 4) is 0 Å². The number of aryl methyl sites for hydroxylation is 1. The maximum absolute atomic E-state index is 11.4. The van der Waals surface area contributed by atoms with Gasteiger partial charge in [0, 0.05) is 12.6 Å². The minimum absolute atomic E-state index is 0.302. The lowest BCUT2D eigenvalue weighted by Crippen LogP contribution is -2.53. The van der Waals surface area contributed by atoms with Crippen LogP contribution in [0.3, 0.4) is 0 Å². The molecule has 1 aliphatic rings. The van der Waals surface area contributed by atoms with Gasteiger partial charge in [0.25, 0.3) is 0 Å². The molecule has 0 aromatic carbocycles. The number of nitrogens with zero attached hydrogens (tertiary/aromatic N) is 3. The molecule has 6 nitrogen and oxygen atoms in total. The molecule has 0 radical (unpaired) electrons. The van der Waals surface area contributed by atoms with Gasteiger partial charge in [0.15, 0.2) is 0 Å². The number of rotatable bonds is 2. The Kier molecular flexibility index (Phi) is 3.58. The molecular formula is C10H13BrN4O2. The SMILES string of the molecule is Cc1nc(Br)cc(N2CCOCC2C(N)=O)n1. The van der Waals surface area contributed by atoms with Gasteiger partial charge in [0.1, 0.15) is 22.3 Å². The molecule has 1 amide bonds. The summed E-state index contributed by atoms with van der Waals surface area (Å²) in [5.74, 6) is 0.928. The van der Waals surface area contributed by atoms with Crippen LogP contribution in [-0.2, 0) is 9.53 Å². The summed E-state index contributed by atoms with van der Waals surface area (Å²) < 4.78 is 5.95. The van der Waals surface area contributed by atoms with E-state index in [-0.39, 0.29) is 0 Å². The highest BCUT2D eigenvalue weighted by Gasteiger charge is 2.29. The van der Waals surface area contributed by atoms with E-state index < -0.39 is 11.9 Å². The van der Waals surface area contributed by atoms with Gasteiger partial charge < -0.3 is 15.4 Å². The van der Waals surface area contributed by atoms with Gasteiger partial charge in [-0.25, -0.2) is 9.97 Å². The van der Waals surface area contributed by atoms with Crippen molar-refractivity contribution >= 4 is 27.7 Å². The molecule has 7 heteroatoms. The van der Waals surface area contributed by atoms with Gasteiger partial charge in [-0.2, -0.15) is 0 Å². The Morgan fingerprint density at radius 2 is 2.41 bits per heavy atom. The highest BCUT2D eigenvalue weighted by Crippen LogP contribution is 2.20. The second-order valence-electron chi connectivity index (χ2n) is 3.78. The maximum atomic E-state index is 11.4. The summed E-state index contributed by atoms with van der Waals surface area (Å²) in [7, 11) is 0. The van der Waals surface area contributed by atoms with E-state index in [0.29, 0.717) is 36.0 Å². The zero-order valence-electron chi connectivity index (χ0n) is 9.39. The van der Waals surface area contributed by atoms with E-state index in [1.807, 2.05) is 4.90 Å². The van der Waals surface area contributed by atoms with E-state index in [9.17, 15) is 4.79 Å². The number of hydrogen-bond donors (Lipinski definition) is 1. The summed E-state index contributed by atoms with van der Waals surface area (Å²) in [4.78, 5) is 21.6. The number of primary amides is 1. The Morgan fingerprint density at radius 1 is 1.65 bits per heavy atom. The van der Waals surface area contributed by atoms with Gasteiger partial charge in [0.05, 0.1) is 13.2 Å². The predicted molar refractivity (Wildman–Crippen MR) is 65.6 cm³/mol. The standard InChI is InChI=1S/C10H13BrN4O2/c1-6-13-8(11)4-9(14-6)15-2-3-17-5-7(15)10(12)16/h4,7H,2-3,5H2,1H3,(H2,12,16). The molecule has 0 saturated carbocycles. The van der Waals surface area contributed by atoms with Crippen LogP contribution in [0.5, 0.6) is 0 Å². The third kappa shape index (κ3) is 2.73. The fourth-order valence-electron chi connectivity index (χ4n) is 1.78. The average Bonchev–Trinajstić information content (AvgIpc) is 2.27. The zero-order chi connectivity index (χ0) is 12.4. The van der Waals surface area contributed by atoms with Crippen LogP contribution < -0.4 is 10.6 Å². The van der Waals surface area contributed by atoms with Crippen molar-refractivity contribution in [3.63, 3.8) is 0 Å². The van der Waals surface area contributed by atoms with Crippen LogP contribution in [0.1, 0.15) is 5.82 Å². The Morgan fingerprint density at radius 3 is 3.06 bits per heavy atom. The molecule has 1 fully saturated rings. The Labute approximate surface area is 107 Å². The third-order valence-electron chi connectivity index (χ3n) is 2.54. The van der Waals surface area contributed by atoms with E-state index in [1.165, 1.54) is 0 Å². The van der Waals surface area contributed by atoms with Crippen molar-refractivity contribution < 1.29 is 9.53 Å². The summed E-state index contributed by atoms with van der Waals surface area (Å²) in [5, 5.41) is 0. The monoisotopic (exact) mass is 300 g/mol. The fraction of sp³-hybridized carbons (Fsp3) is 0.500. The van der Waals surface area contributed by atoms with E-state index in [1.54, 1.807) is 13.0 Å². The van der Waals surface area contributed by atoms with E-state index >= 15 is 0 Å². The summed E-state index contributed by atoms with van der Waals surface area (Å²) in [6.07, 6.45) is 0. The second kappa shape index (κ2) is 4.97. The normalized spacial score (nSPS) is 20.4. The Hall–Kier alpha value is -1.21. The van der Waals surface area contributed by atoms with Crippen LogP contribution in [0, 0.1) is 6.92 Å². The Bertz CT molecular complexity index is 420. The van der Waals surface area contributed by atoms with Gasteiger partial charge in [-0.1, -0.05) is 0 Å². The van der Waals surface area contributed by atoms with Crippen molar-refractivity contribution in [2.45, 2.75) is 13.0 Å². The highest BCUT2D eigenvalue weighted by molar-refractivity contribution is 9.10. The van der Waals surface area contributed by atoms with E-state index in [4.69, 9.17) is 10.5 Å². The lowest BCUT2D eigenvalue weighted by molar-refractivity contribution is -0.121. The van der Waals surface area contributed by atoms with Crippen molar-refractivity contribution in [1.82, 2.24) is 9.97 Å². The van der Waals surface area contributed by atoms with Crippen LogP contribution in [0.15, 0.2) is 10.7 Å². The smallest absolute Gasteiger partial charge is 0.242 e. The molecule has 1 atom stereocenters. The number of carbonyl (C=O) groups excluding carboxylic acids is 1. The number of anilines is 1. The first-order chi connectivity index (χ1) is 8.08. The predicted octanol–water partition coefficient (Wildman–Crippen LogP) is 0.238. The molecule has 1 aromatic heterocycles. The minimum atomic E-state index is -0.468. The molecule has 17 heavy (non-hydrogen) atoms. The molecule has 0 aliphatic carbocycles. The van der Waals surface area contributed by atoms with Crippen molar-refractivity contribution in [1.29, 1.82) is 0 Å². The lowest BCUT2D eigenvalue weighted by Gasteiger charge is -2.34. The van der Waals surface area contributed by atoms with Gasteiger partial charge in [0.2, 0.25) is 5.91 Å². The lowest BCUT2D eigenvalue weighted by atomic mass is 10.2. The van der Waals surface area contributed by atoms with Crippen LogP contribution >= 0.6 is 15.9 Å². The van der Waals surface area contributed by atoms with Crippen LogP contribution in [0.25, 0.3) is 0 Å². The van der Waals surface area contributed by atoms with Gasteiger partial charge in [-0.15, -0.1) is 0 Å². The first kappa shape index (κ1) is 12.3. The third-order valence-corrected chi connectivity index (χ3v) is 2.95. The molecule has 1 saturated heterocycles. The number of ether oxygens (including phenoxy) is 1. The van der Waals surface area contributed by atoms with Gasteiger partial charge >= 0.3 is 0 Å². The van der Waals surface area contributed by atoms with Crippen molar-refractivity contribution in [2.24, 2.45) is 5.73 Å². The summed E-state index contributed by atoms with van der Waals surface area (Å²) >= 11 is 3.31. The van der Waals surface area contributed by atoms with Crippen molar-refractivity contribution in [2.75, 3.05) is 24.7 Å². The molecule has 2 heterocycles. The first-order valence-electron chi connectivity index (χ1n) is 5.23.